The molecule has 0 saturated carbocycles. The molecule has 1 saturated heterocycles. The number of hydrogen-bond acceptors (Lipinski definition) is 6. The number of hydrogen-bond donors (Lipinski definition) is 1. The van der Waals surface area contributed by atoms with Crippen molar-refractivity contribution in [2.45, 2.75) is 6.10 Å². The fraction of sp³-hybridized carbons (Fsp3) is 0.316. The van der Waals surface area contributed by atoms with Gasteiger partial charge in [0.15, 0.2) is 5.11 Å². The molecule has 0 radical (unpaired) electrons. The number of carbonyl (C=O) groups is 1. The second-order valence-electron chi connectivity index (χ2n) is 6.21. The first-order valence-electron chi connectivity index (χ1n) is 8.75. The minimum Gasteiger partial charge on any atom is -0.489 e. The minimum atomic E-state index is -0.480. The predicted octanol–water partition coefficient (Wildman–Crippen LogP) is 3.25. The Labute approximate surface area is 181 Å². The number of esters is 1. The summed E-state index contributed by atoms with van der Waals surface area (Å²) < 4.78 is 30.0. The standard InChI is InChI=1S/C19H19BrFN3O4S/c1-26-18(25)12-6-14(9-22-8-12)28-11-15-10-24(4-5-27-15)19(29)23-17-3-2-13(21)7-16(17)20/h2-3,6-9,15H,4-5,10-11H2,1H3,(H,23,29). The molecular weight excluding hydrogens is 465 g/mol. The van der Waals surface area contributed by atoms with Crippen LogP contribution in [0.2, 0.25) is 0 Å². The molecular formula is C19H19BrFN3O4S. The Kier molecular flexibility index (Phi) is 7.34. The van der Waals surface area contributed by atoms with E-state index in [1.807, 2.05) is 4.90 Å². The van der Waals surface area contributed by atoms with Gasteiger partial charge in [0, 0.05) is 23.8 Å². The van der Waals surface area contributed by atoms with Crippen LogP contribution in [-0.4, -0.2) is 60.5 Å². The van der Waals surface area contributed by atoms with Gasteiger partial charge >= 0.3 is 5.97 Å². The summed E-state index contributed by atoms with van der Waals surface area (Å²) >= 11 is 8.80. The minimum absolute atomic E-state index is 0.220. The molecule has 1 aliphatic rings. The zero-order chi connectivity index (χ0) is 20.8. The van der Waals surface area contributed by atoms with Crippen LogP contribution >= 0.6 is 28.1 Å². The third-order valence-electron chi connectivity index (χ3n) is 4.17. The maximum Gasteiger partial charge on any atom is 0.339 e. The highest BCUT2D eigenvalue weighted by atomic mass is 79.9. The molecule has 1 N–H and O–H groups in total. The molecule has 10 heteroatoms. The van der Waals surface area contributed by atoms with Crippen LogP contribution in [0.5, 0.6) is 5.75 Å². The number of nitrogens with one attached hydrogen (secondary N) is 1. The fourth-order valence-corrected chi connectivity index (χ4v) is 3.43. The number of rotatable bonds is 5. The van der Waals surface area contributed by atoms with Gasteiger partial charge in [-0.2, -0.15) is 0 Å². The summed E-state index contributed by atoms with van der Waals surface area (Å²) in [7, 11) is 1.31. The van der Waals surface area contributed by atoms with E-state index in [0.717, 1.165) is 0 Å². The molecule has 0 bridgehead atoms. The third-order valence-corrected chi connectivity index (χ3v) is 5.19. The smallest absolute Gasteiger partial charge is 0.339 e. The van der Waals surface area contributed by atoms with Crippen molar-refractivity contribution >= 4 is 44.9 Å². The van der Waals surface area contributed by atoms with Crippen LogP contribution in [0.25, 0.3) is 0 Å². The number of aromatic nitrogens is 1. The van der Waals surface area contributed by atoms with Gasteiger partial charge in [0.05, 0.1) is 31.2 Å². The lowest BCUT2D eigenvalue weighted by molar-refractivity contribution is -0.0280. The normalized spacial score (nSPS) is 16.2. The van der Waals surface area contributed by atoms with Crippen molar-refractivity contribution in [1.29, 1.82) is 0 Å². The quantitative estimate of drug-likeness (QED) is 0.513. The first-order valence-corrected chi connectivity index (χ1v) is 9.95. The Hall–Kier alpha value is -2.30. The number of ether oxygens (including phenoxy) is 3. The topological polar surface area (TPSA) is 72.9 Å². The molecule has 3 rings (SSSR count). The summed E-state index contributed by atoms with van der Waals surface area (Å²) in [6.07, 6.45) is 2.71. The van der Waals surface area contributed by atoms with E-state index < -0.39 is 5.97 Å². The molecule has 2 aromatic rings. The van der Waals surface area contributed by atoms with Crippen LogP contribution in [0.15, 0.2) is 41.1 Å². The predicted molar refractivity (Wildman–Crippen MR) is 113 cm³/mol. The molecule has 7 nitrogen and oxygen atoms in total. The van der Waals surface area contributed by atoms with Crippen LogP contribution in [0, 0.1) is 5.82 Å². The number of anilines is 1. The Balaban J connectivity index is 1.55. The summed E-state index contributed by atoms with van der Waals surface area (Å²) in [5, 5.41) is 3.63. The van der Waals surface area contributed by atoms with Crippen molar-refractivity contribution in [2.75, 3.05) is 38.7 Å². The Bertz CT molecular complexity index is 902. The van der Waals surface area contributed by atoms with Crippen LogP contribution in [0.3, 0.4) is 0 Å². The van der Waals surface area contributed by atoms with Gasteiger partial charge in [-0.3, -0.25) is 4.98 Å². The molecule has 1 aromatic heterocycles. The first kappa shape index (κ1) is 21.4. The SMILES string of the molecule is COC(=O)c1cncc(OCC2CN(C(=S)Nc3ccc(F)cc3Br)CCO2)c1. The Morgan fingerprint density at radius 2 is 2.28 bits per heavy atom. The lowest BCUT2D eigenvalue weighted by Crippen LogP contribution is -2.49. The van der Waals surface area contributed by atoms with Crippen LogP contribution in [-0.2, 0) is 9.47 Å². The summed E-state index contributed by atoms with van der Waals surface area (Å²) in [6, 6.07) is 5.92. The molecule has 0 spiro atoms. The number of carbonyl (C=O) groups excluding carboxylic acids is 1. The summed E-state index contributed by atoms with van der Waals surface area (Å²) in [5.74, 6) is -0.362. The molecule has 29 heavy (non-hydrogen) atoms. The zero-order valence-electron chi connectivity index (χ0n) is 15.6. The lowest BCUT2D eigenvalue weighted by Gasteiger charge is -2.34. The van der Waals surface area contributed by atoms with Crippen LogP contribution in [0.4, 0.5) is 10.1 Å². The second kappa shape index (κ2) is 9.95. The Morgan fingerprint density at radius 1 is 1.45 bits per heavy atom. The molecule has 154 valence electrons. The second-order valence-corrected chi connectivity index (χ2v) is 7.45. The zero-order valence-corrected chi connectivity index (χ0v) is 18.0. The molecule has 1 unspecified atom stereocenters. The first-order chi connectivity index (χ1) is 14.0. The number of benzene rings is 1. The van der Waals surface area contributed by atoms with Gasteiger partial charge in [-0.1, -0.05) is 0 Å². The van der Waals surface area contributed by atoms with Gasteiger partial charge in [0.25, 0.3) is 0 Å². The number of halogens is 2. The van der Waals surface area contributed by atoms with Crippen molar-refractivity contribution < 1.29 is 23.4 Å². The lowest BCUT2D eigenvalue weighted by atomic mass is 10.2. The van der Waals surface area contributed by atoms with E-state index in [1.54, 1.807) is 12.1 Å². The summed E-state index contributed by atoms with van der Waals surface area (Å²) in [5.41, 5.74) is 0.993. The van der Waals surface area contributed by atoms with E-state index >= 15 is 0 Å². The number of thiocarbonyl (C=S) groups is 1. The third kappa shape index (κ3) is 5.84. The highest BCUT2D eigenvalue weighted by Gasteiger charge is 2.23. The number of pyridine rings is 1. The highest BCUT2D eigenvalue weighted by molar-refractivity contribution is 9.10. The van der Waals surface area contributed by atoms with Crippen molar-refractivity contribution in [3.05, 3.63) is 52.5 Å². The highest BCUT2D eigenvalue weighted by Crippen LogP contribution is 2.24. The van der Waals surface area contributed by atoms with E-state index in [0.29, 0.717) is 46.3 Å². The van der Waals surface area contributed by atoms with E-state index in [4.69, 9.17) is 21.7 Å². The van der Waals surface area contributed by atoms with Gasteiger partial charge in [0.2, 0.25) is 0 Å². The summed E-state index contributed by atoms with van der Waals surface area (Å²) in [6.45, 7) is 1.90. The Morgan fingerprint density at radius 3 is 3.03 bits per heavy atom. The van der Waals surface area contributed by atoms with Crippen LogP contribution in [0.1, 0.15) is 10.4 Å². The monoisotopic (exact) mass is 483 g/mol. The molecule has 0 amide bonds. The average Bonchev–Trinajstić information content (AvgIpc) is 2.74. The van der Waals surface area contributed by atoms with Gasteiger partial charge in [-0.15, -0.1) is 0 Å². The van der Waals surface area contributed by atoms with Crippen molar-refractivity contribution in [3.8, 4) is 5.75 Å². The molecule has 2 heterocycles. The number of morpholine rings is 1. The molecule has 1 atom stereocenters. The molecule has 1 fully saturated rings. The summed E-state index contributed by atoms with van der Waals surface area (Å²) in [4.78, 5) is 17.5. The number of nitrogens with zero attached hydrogens (tertiary/aromatic N) is 2. The van der Waals surface area contributed by atoms with Crippen molar-refractivity contribution in [1.82, 2.24) is 9.88 Å². The molecule has 1 aliphatic heterocycles. The average molecular weight is 484 g/mol. The van der Waals surface area contributed by atoms with E-state index in [1.165, 1.54) is 31.6 Å². The molecule has 1 aromatic carbocycles. The van der Waals surface area contributed by atoms with E-state index in [2.05, 4.69) is 31.0 Å². The number of methoxy groups -OCH3 is 1. The van der Waals surface area contributed by atoms with Crippen LogP contribution < -0.4 is 10.1 Å². The van der Waals surface area contributed by atoms with E-state index in [9.17, 15) is 9.18 Å². The van der Waals surface area contributed by atoms with Gasteiger partial charge in [0.1, 0.15) is 24.3 Å². The van der Waals surface area contributed by atoms with Gasteiger partial charge in [-0.05, 0) is 52.4 Å². The van der Waals surface area contributed by atoms with E-state index in [-0.39, 0.29) is 18.5 Å². The molecule has 0 aliphatic carbocycles. The maximum atomic E-state index is 13.2. The fourth-order valence-electron chi connectivity index (χ4n) is 2.71. The van der Waals surface area contributed by atoms with Gasteiger partial charge in [-0.25, -0.2) is 9.18 Å². The maximum absolute atomic E-state index is 13.2. The van der Waals surface area contributed by atoms with Crippen molar-refractivity contribution in [3.63, 3.8) is 0 Å². The van der Waals surface area contributed by atoms with Gasteiger partial charge < -0.3 is 24.4 Å². The largest absolute Gasteiger partial charge is 0.489 e. The van der Waals surface area contributed by atoms with Crippen molar-refractivity contribution in [2.24, 2.45) is 0 Å².